The minimum Gasteiger partial charge on any atom is -0.459 e. The molecule has 1 amide bonds. The van der Waals surface area contributed by atoms with E-state index in [-0.39, 0.29) is 11.4 Å². The average Bonchev–Trinajstić information content (AvgIpc) is 2.95. The third kappa shape index (κ3) is 4.13. The highest BCUT2D eigenvalue weighted by Gasteiger charge is 2.19. The largest absolute Gasteiger partial charge is 0.459 e. The summed E-state index contributed by atoms with van der Waals surface area (Å²) < 4.78 is 5.92. The predicted octanol–water partition coefficient (Wildman–Crippen LogP) is 4.43. The van der Waals surface area contributed by atoms with Gasteiger partial charge in [0.15, 0.2) is 0 Å². The van der Waals surface area contributed by atoms with Crippen LogP contribution in [0.15, 0.2) is 52.0 Å². The van der Waals surface area contributed by atoms with Crippen LogP contribution in [-0.2, 0) is 11.3 Å². The molecule has 0 saturated heterocycles. The number of aliphatic imine (C=N–C) groups is 1. The Morgan fingerprint density at radius 2 is 2.13 bits per heavy atom. The molecular weight excluding hydrogens is 376 g/mol. The molecule has 0 fully saturated rings. The van der Waals surface area contributed by atoms with E-state index in [0.717, 1.165) is 45.8 Å². The predicted molar refractivity (Wildman–Crippen MR) is 121 cm³/mol. The second-order valence-electron chi connectivity index (χ2n) is 8.30. The zero-order chi connectivity index (χ0) is 21.3. The van der Waals surface area contributed by atoms with Crippen LogP contribution in [0.2, 0.25) is 0 Å². The van der Waals surface area contributed by atoms with Gasteiger partial charge in [0, 0.05) is 48.6 Å². The van der Waals surface area contributed by atoms with Gasteiger partial charge >= 0.3 is 0 Å². The molecule has 1 N–H and O–H groups in total. The number of nitrogens with one attached hydrogen (secondary N) is 1. The van der Waals surface area contributed by atoms with Crippen molar-refractivity contribution in [2.75, 3.05) is 18.9 Å². The third-order valence-corrected chi connectivity index (χ3v) is 5.30. The van der Waals surface area contributed by atoms with Crippen molar-refractivity contribution in [3.8, 4) is 0 Å². The molecule has 0 radical (unpaired) electrons. The van der Waals surface area contributed by atoms with Gasteiger partial charge in [-0.15, -0.1) is 0 Å². The molecule has 6 heteroatoms. The van der Waals surface area contributed by atoms with Crippen molar-refractivity contribution in [1.29, 1.82) is 0 Å². The zero-order valence-corrected chi connectivity index (χ0v) is 17.8. The van der Waals surface area contributed by atoms with Crippen molar-refractivity contribution in [3.05, 3.63) is 65.1 Å². The molecule has 0 bridgehead atoms. The molecule has 0 aliphatic carbocycles. The molecular formula is C24H26N4O2. The fraction of sp³-hybridized carbons (Fsp3) is 0.292. The van der Waals surface area contributed by atoms with Crippen molar-refractivity contribution in [1.82, 2.24) is 9.88 Å². The number of carbonyl (C=O) groups excluding carboxylic acids is 1. The first kappa shape index (κ1) is 19.9. The van der Waals surface area contributed by atoms with Crippen LogP contribution in [-0.4, -0.2) is 41.1 Å². The maximum atomic E-state index is 12.6. The van der Waals surface area contributed by atoms with Crippen LogP contribution >= 0.6 is 0 Å². The van der Waals surface area contributed by atoms with Gasteiger partial charge in [0.05, 0.1) is 12.1 Å². The lowest BCUT2D eigenvalue weighted by Gasteiger charge is -2.17. The number of likely N-dealkylation sites (N-methyl/N-ethyl adjacent to an activating group) is 1. The quantitative estimate of drug-likeness (QED) is 0.656. The van der Waals surface area contributed by atoms with Crippen molar-refractivity contribution in [2.45, 2.75) is 32.9 Å². The number of para-hydroxylation sites is 1. The standard InChI is InChI=1S/C24H26N4O2/c1-16-19-7-5-6-8-20(19)30-21(16)14-28(4)22(29)10-9-17-11-18-13-27-24(2,3)15-26-23(18)25-12-17/h5-13H,14-15H2,1-4H3,(H,25,26)/b10-9+. The Balaban J connectivity index is 1.47. The van der Waals surface area contributed by atoms with Crippen LogP contribution in [0.3, 0.4) is 0 Å². The summed E-state index contributed by atoms with van der Waals surface area (Å²) in [6, 6.07) is 9.89. The van der Waals surface area contributed by atoms with Gasteiger partial charge in [-0.05, 0) is 44.5 Å². The first-order chi connectivity index (χ1) is 14.3. The molecule has 0 atom stereocenters. The molecule has 154 valence electrons. The summed E-state index contributed by atoms with van der Waals surface area (Å²) in [5.41, 5.74) is 3.50. The van der Waals surface area contributed by atoms with Gasteiger partial charge in [0.1, 0.15) is 17.2 Å². The number of pyridine rings is 1. The first-order valence-corrected chi connectivity index (χ1v) is 10.0. The average molecular weight is 402 g/mol. The van der Waals surface area contributed by atoms with Crippen LogP contribution in [0, 0.1) is 6.92 Å². The highest BCUT2D eigenvalue weighted by Crippen LogP contribution is 2.26. The van der Waals surface area contributed by atoms with E-state index in [1.54, 1.807) is 30.3 Å². The highest BCUT2D eigenvalue weighted by atomic mass is 16.3. The molecule has 1 aliphatic rings. The Kier molecular flexibility index (Phi) is 5.16. The summed E-state index contributed by atoms with van der Waals surface area (Å²) in [4.78, 5) is 23.3. The van der Waals surface area contributed by atoms with E-state index in [9.17, 15) is 4.79 Å². The second-order valence-corrected chi connectivity index (χ2v) is 8.30. The summed E-state index contributed by atoms with van der Waals surface area (Å²) in [6.07, 6.45) is 6.94. The molecule has 1 aromatic carbocycles. The number of hydrogen-bond acceptors (Lipinski definition) is 5. The number of carbonyl (C=O) groups is 1. The van der Waals surface area contributed by atoms with Gasteiger partial charge in [-0.25, -0.2) is 4.98 Å². The Hall–Kier alpha value is -3.41. The van der Waals surface area contributed by atoms with E-state index >= 15 is 0 Å². The maximum Gasteiger partial charge on any atom is 0.246 e. The molecule has 0 spiro atoms. The van der Waals surface area contributed by atoms with E-state index in [2.05, 4.69) is 29.1 Å². The van der Waals surface area contributed by atoms with Gasteiger partial charge < -0.3 is 14.6 Å². The Labute approximate surface area is 176 Å². The summed E-state index contributed by atoms with van der Waals surface area (Å²) in [5, 5.41) is 4.41. The number of hydrogen-bond donors (Lipinski definition) is 1. The van der Waals surface area contributed by atoms with Crippen LogP contribution in [0.25, 0.3) is 17.0 Å². The highest BCUT2D eigenvalue weighted by molar-refractivity contribution is 5.93. The molecule has 0 saturated carbocycles. The van der Waals surface area contributed by atoms with Gasteiger partial charge in [-0.3, -0.25) is 9.79 Å². The lowest BCUT2D eigenvalue weighted by molar-refractivity contribution is -0.125. The number of furan rings is 1. The van der Waals surface area contributed by atoms with Crippen LogP contribution in [0.1, 0.15) is 36.3 Å². The molecule has 2 aromatic heterocycles. The van der Waals surface area contributed by atoms with E-state index in [4.69, 9.17) is 4.42 Å². The van der Waals surface area contributed by atoms with Crippen molar-refractivity contribution in [3.63, 3.8) is 0 Å². The third-order valence-electron chi connectivity index (χ3n) is 5.30. The van der Waals surface area contributed by atoms with Crippen molar-refractivity contribution in [2.24, 2.45) is 4.99 Å². The fourth-order valence-corrected chi connectivity index (χ4v) is 3.39. The fourth-order valence-electron chi connectivity index (χ4n) is 3.39. The minimum atomic E-state index is -0.176. The van der Waals surface area contributed by atoms with Gasteiger partial charge in [0.25, 0.3) is 0 Å². The number of rotatable bonds is 4. The van der Waals surface area contributed by atoms with Gasteiger partial charge in [-0.2, -0.15) is 0 Å². The van der Waals surface area contributed by atoms with E-state index in [1.165, 1.54) is 0 Å². The van der Waals surface area contributed by atoms with E-state index < -0.39 is 0 Å². The Bertz CT molecular complexity index is 1160. The maximum absolute atomic E-state index is 12.6. The minimum absolute atomic E-state index is 0.0993. The van der Waals surface area contributed by atoms with Crippen LogP contribution < -0.4 is 5.32 Å². The lowest BCUT2D eigenvalue weighted by atomic mass is 10.1. The summed E-state index contributed by atoms with van der Waals surface area (Å²) in [6.45, 7) is 7.30. The monoisotopic (exact) mass is 402 g/mol. The van der Waals surface area contributed by atoms with E-state index in [1.807, 2.05) is 43.5 Å². The number of benzene rings is 1. The molecule has 30 heavy (non-hydrogen) atoms. The Morgan fingerprint density at radius 1 is 1.33 bits per heavy atom. The van der Waals surface area contributed by atoms with Crippen molar-refractivity contribution >= 4 is 35.0 Å². The van der Waals surface area contributed by atoms with Gasteiger partial charge in [-0.1, -0.05) is 18.2 Å². The zero-order valence-electron chi connectivity index (χ0n) is 17.8. The van der Waals surface area contributed by atoms with Crippen LogP contribution in [0.5, 0.6) is 0 Å². The number of fused-ring (bicyclic) bond motifs is 2. The van der Waals surface area contributed by atoms with Crippen molar-refractivity contribution < 1.29 is 9.21 Å². The van der Waals surface area contributed by atoms with Crippen LogP contribution in [0.4, 0.5) is 5.82 Å². The lowest BCUT2D eigenvalue weighted by Crippen LogP contribution is -2.26. The second kappa shape index (κ2) is 7.78. The SMILES string of the molecule is Cc1c(CN(C)C(=O)/C=C/c2cnc3c(c2)C=NC(C)(C)CN3)oc2ccccc12. The molecule has 4 rings (SSSR count). The normalized spacial score (nSPS) is 15.1. The summed E-state index contributed by atoms with van der Waals surface area (Å²) >= 11 is 0. The van der Waals surface area contributed by atoms with Gasteiger partial charge in [0.2, 0.25) is 5.91 Å². The number of amides is 1. The first-order valence-electron chi connectivity index (χ1n) is 10.0. The topological polar surface area (TPSA) is 70.7 Å². The molecule has 3 aromatic rings. The number of aryl methyl sites for hydroxylation is 1. The molecule has 1 aliphatic heterocycles. The number of aromatic nitrogens is 1. The summed E-state index contributed by atoms with van der Waals surface area (Å²) in [5.74, 6) is 1.51. The summed E-state index contributed by atoms with van der Waals surface area (Å²) in [7, 11) is 1.77. The molecule has 0 unspecified atom stereocenters. The number of nitrogens with zero attached hydrogens (tertiary/aromatic N) is 3. The molecule has 6 nitrogen and oxygen atoms in total. The number of anilines is 1. The van der Waals surface area contributed by atoms with E-state index in [0.29, 0.717) is 6.54 Å². The smallest absolute Gasteiger partial charge is 0.246 e. The molecule has 3 heterocycles. The Morgan fingerprint density at radius 3 is 2.93 bits per heavy atom.